The van der Waals surface area contributed by atoms with E-state index in [1.165, 1.54) is 18.7 Å². The Morgan fingerprint density at radius 1 is 1.12 bits per heavy atom. The number of hydrogen-bond donors (Lipinski definition) is 0. The van der Waals surface area contributed by atoms with E-state index >= 15 is 0 Å². The lowest BCUT2D eigenvalue weighted by atomic mass is 10.0. The van der Waals surface area contributed by atoms with E-state index in [2.05, 4.69) is 0 Å². The number of fused-ring (bicyclic) bond motifs is 1. The highest BCUT2D eigenvalue weighted by Crippen LogP contribution is 2.47. The summed E-state index contributed by atoms with van der Waals surface area (Å²) in [4.78, 5) is 42.6. The van der Waals surface area contributed by atoms with E-state index in [1.807, 2.05) is 56.3 Å². The summed E-state index contributed by atoms with van der Waals surface area (Å²) >= 11 is 1.46. The summed E-state index contributed by atoms with van der Waals surface area (Å²) in [7, 11) is 3.84. The van der Waals surface area contributed by atoms with Crippen molar-refractivity contribution in [3.63, 3.8) is 0 Å². The minimum absolute atomic E-state index is 0.262. The van der Waals surface area contributed by atoms with E-state index < -0.39 is 23.3 Å². The quantitative estimate of drug-likeness (QED) is 0.569. The number of aryl methyl sites for hydroxylation is 1. The van der Waals surface area contributed by atoms with Gasteiger partial charge in [-0.15, -0.1) is 11.8 Å². The van der Waals surface area contributed by atoms with Gasteiger partial charge in [0.1, 0.15) is 0 Å². The Hall–Kier alpha value is -2.84. The van der Waals surface area contributed by atoms with Crippen LogP contribution in [0.4, 0.5) is 5.69 Å². The Bertz CT molecular complexity index is 1020. The molecule has 1 amide bonds. The molecule has 0 aliphatic carbocycles. The molecule has 176 valence electrons. The largest absolute Gasteiger partial charge is 0.462 e. The summed E-state index contributed by atoms with van der Waals surface area (Å²) in [5, 5.41) is -0.432. The van der Waals surface area contributed by atoms with Gasteiger partial charge in [-0.1, -0.05) is 29.8 Å². The molecule has 0 saturated heterocycles. The van der Waals surface area contributed by atoms with Crippen molar-refractivity contribution >= 4 is 35.3 Å². The molecule has 0 aromatic heterocycles. The van der Waals surface area contributed by atoms with Crippen LogP contribution in [-0.2, 0) is 19.1 Å². The Balaban J connectivity index is 2.13. The smallest absolute Gasteiger partial charge is 0.338 e. The van der Waals surface area contributed by atoms with Gasteiger partial charge >= 0.3 is 11.9 Å². The Labute approximate surface area is 199 Å². The second kappa shape index (κ2) is 10.9. The molecule has 0 bridgehead atoms. The molecule has 0 radical (unpaired) electrons. The van der Waals surface area contributed by atoms with Crippen LogP contribution in [0.2, 0.25) is 0 Å². The molecule has 1 heterocycles. The fraction of sp³-hybridized carbons (Fsp3) is 0.400. The summed E-state index contributed by atoms with van der Waals surface area (Å²) in [6.07, 6.45) is -1.00. The van der Waals surface area contributed by atoms with Gasteiger partial charge in [-0.3, -0.25) is 9.59 Å². The van der Waals surface area contributed by atoms with Crippen LogP contribution in [0.15, 0.2) is 47.4 Å². The Kier molecular flexibility index (Phi) is 8.15. The average molecular weight is 471 g/mol. The van der Waals surface area contributed by atoms with Crippen molar-refractivity contribution < 1.29 is 23.9 Å². The Morgan fingerprint density at radius 2 is 1.82 bits per heavy atom. The number of likely N-dealkylation sites (N-methyl/N-ethyl adjacent to an activating group) is 1. The summed E-state index contributed by atoms with van der Waals surface area (Å²) in [6.45, 7) is 6.29. The zero-order valence-corrected chi connectivity index (χ0v) is 20.5. The number of rotatable bonds is 7. The number of carbonyl (C=O) groups excluding carboxylic acids is 3. The summed E-state index contributed by atoms with van der Waals surface area (Å²) in [5.74, 6) is -1.28. The van der Waals surface area contributed by atoms with Crippen LogP contribution in [0.1, 0.15) is 40.6 Å². The van der Waals surface area contributed by atoms with Crippen molar-refractivity contribution in [2.75, 3.05) is 38.7 Å². The molecule has 0 saturated carbocycles. The van der Waals surface area contributed by atoms with Gasteiger partial charge in [-0.05, 0) is 51.7 Å². The molecule has 0 N–H and O–H groups in total. The molecule has 2 aromatic carbocycles. The van der Waals surface area contributed by atoms with Crippen molar-refractivity contribution in [1.29, 1.82) is 0 Å². The van der Waals surface area contributed by atoms with E-state index in [0.717, 1.165) is 16.0 Å². The standard InChI is InChI=1S/C25H30N2O5S/c1-6-31-25(30)19-11-12-21-20(15-19)27(14-13-26(4)5)24(29)22(32-17(3)28)23(33-21)18-9-7-16(2)8-10-18/h7-12,15,22-23H,6,13-14H2,1-5H3/t22-,23+/m1/s1. The first-order valence-corrected chi connectivity index (χ1v) is 11.8. The molecule has 0 spiro atoms. The molecule has 0 unspecified atom stereocenters. The number of benzene rings is 2. The molecule has 3 rings (SSSR count). The fourth-order valence-electron chi connectivity index (χ4n) is 3.59. The third-order valence-corrected chi connectivity index (χ3v) is 6.64. The Morgan fingerprint density at radius 3 is 2.42 bits per heavy atom. The minimum Gasteiger partial charge on any atom is -0.462 e. The second-order valence-corrected chi connectivity index (χ2v) is 9.36. The van der Waals surface area contributed by atoms with Gasteiger partial charge in [-0.2, -0.15) is 0 Å². The zero-order chi connectivity index (χ0) is 24.1. The molecule has 33 heavy (non-hydrogen) atoms. The zero-order valence-electron chi connectivity index (χ0n) is 19.7. The third kappa shape index (κ3) is 5.94. The van der Waals surface area contributed by atoms with Crippen LogP contribution in [0.5, 0.6) is 0 Å². The van der Waals surface area contributed by atoms with Gasteiger partial charge in [0, 0.05) is 24.9 Å². The highest BCUT2D eigenvalue weighted by molar-refractivity contribution is 7.99. The topological polar surface area (TPSA) is 76.2 Å². The maximum atomic E-state index is 13.8. The molecule has 1 aliphatic rings. The van der Waals surface area contributed by atoms with Crippen LogP contribution < -0.4 is 4.90 Å². The van der Waals surface area contributed by atoms with Crippen molar-refractivity contribution in [2.45, 2.75) is 37.0 Å². The number of thioether (sulfide) groups is 1. The number of carbonyl (C=O) groups is 3. The summed E-state index contributed by atoms with van der Waals surface area (Å²) < 4.78 is 10.8. The van der Waals surface area contributed by atoms with E-state index in [9.17, 15) is 14.4 Å². The number of nitrogens with zero attached hydrogens (tertiary/aromatic N) is 2. The van der Waals surface area contributed by atoms with Crippen LogP contribution >= 0.6 is 11.8 Å². The van der Waals surface area contributed by atoms with Crippen molar-refractivity contribution in [3.05, 3.63) is 59.2 Å². The van der Waals surface area contributed by atoms with Crippen molar-refractivity contribution in [3.8, 4) is 0 Å². The fourth-order valence-corrected chi connectivity index (χ4v) is 4.89. The van der Waals surface area contributed by atoms with E-state index in [-0.39, 0.29) is 12.5 Å². The number of ether oxygens (including phenoxy) is 2. The van der Waals surface area contributed by atoms with Crippen LogP contribution in [0, 0.1) is 6.92 Å². The highest BCUT2D eigenvalue weighted by Gasteiger charge is 2.41. The number of esters is 2. The van der Waals surface area contributed by atoms with Crippen LogP contribution in [0.3, 0.4) is 0 Å². The van der Waals surface area contributed by atoms with Crippen LogP contribution in [0.25, 0.3) is 0 Å². The lowest BCUT2D eigenvalue weighted by molar-refractivity contribution is -0.152. The monoisotopic (exact) mass is 470 g/mol. The lowest BCUT2D eigenvalue weighted by Crippen LogP contribution is -2.45. The number of hydrogen-bond acceptors (Lipinski definition) is 7. The van der Waals surface area contributed by atoms with Crippen molar-refractivity contribution in [2.24, 2.45) is 0 Å². The molecular weight excluding hydrogens is 440 g/mol. The number of anilines is 1. The van der Waals surface area contributed by atoms with E-state index in [4.69, 9.17) is 9.47 Å². The maximum Gasteiger partial charge on any atom is 0.338 e. The SMILES string of the molecule is CCOC(=O)c1ccc2c(c1)N(CCN(C)C)C(=O)[C@H](OC(C)=O)[C@H](c1ccc(C)cc1)S2. The number of amides is 1. The van der Waals surface area contributed by atoms with E-state index in [1.54, 1.807) is 24.0 Å². The van der Waals surface area contributed by atoms with Gasteiger partial charge < -0.3 is 19.3 Å². The first-order chi connectivity index (χ1) is 15.7. The average Bonchev–Trinajstić information content (AvgIpc) is 2.87. The lowest BCUT2D eigenvalue weighted by Gasteiger charge is -2.28. The minimum atomic E-state index is -1.00. The molecule has 2 atom stereocenters. The first kappa shape index (κ1) is 24.8. The molecule has 1 aliphatic heterocycles. The van der Waals surface area contributed by atoms with Gasteiger partial charge in [0.15, 0.2) is 6.10 Å². The van der Waals surface area contributed by atoms with Crippen molar-refractivity contribution in [1.82, 2.24) is 4.90 Å². The molecule has 7 nitrogen and oxygen atoms in total. The summed E-state index contributed by atoms with van der Waals surface area (Å²) in [5.41, 5.74) is 2.97. The van der Waals surface area contributed by atoms with Gasteiger partial charge in [-0.25, -0.2) is 4.79 Å². The predicted octanol–water partition coefficient (Wildman–Crippen LogP) is 3.85. The van der Waals surface area contributed by atoms with Gasteiger partial charge in [0.05, 0.1) is 23.1 Å². The van der Waals surface area contributed by atoms with Gasteiger partial charge in [0.2, 0.25) is 0 Å². The first-order valence-electron chi connectivity index (χ1n) is 10.9. The highest BCUT2D eigenvalue weighted by atomic mass is 32.2. The molecule has 2 aromatic rings. The second-order valence-electron chi connectivity index (χ2n) is 8.18. The van der Waals surface area contributed by atoms with E-state index in [0.29, 0.717) is 24.3 Å². The maximum absolute atomic E-state index is 13.8. The summed E-state index contributed by atoms with van der Waals surface area (Å²) in [6, 6.07) is 13.1. The molecule has 0 fully saturated rings. The molecular formula is C25H30N2O5S. The normalized spacial score (nSPS) is 18.0. The third-order valence-electron chi connectivity index (χ3n) is 5.27. The molecule has 8 heteroatoms. The predicted molar refractivity (Wildman–Crippen MR) is 129 cm³/mol. The van der Waals surface area contributed by atoms with Crippen LogP contribution in [-0.4, -0.2) is 62.6 Å². The van der Waals surface area contributed by atoms with Gasteiger partial charge in [0.25, 0.3) is 5.91 Å².